The van der Waals surface area contributed by atoms with Crippen molar-refractivity contribution < 1.29 is 14.0 Å². The number of carbonyl (C=O) groups excluding carboxylic acids is 2. The lowest BCUT2D eigenvalue weighted by atomic mass is 10.3. The SMILES string of the molecule is CNc1nc(C(=O)N2CCCN(C(=O)c3ccco3)CC2)cs1. The lowest BCUT2D eigenvalue weighted by Crippen LogP contribution is -2.37. The first kappa shape index (κ1) is 15.5. The molecule has 0 saturated carbocycles. The van der Waals surface area contributed by atoms with Crippen LogP contribution in [0.15, 0.2) is 28.2 Å². The number of amides is 2. The van der Waals surface area contributed by atoms with Crippen LogP contribution in [0.3, 0.4) is 0 Å². The lowest BCUT2D eigenvalue weighted by molar-refractivity contribution is 0.0698. The van der Waals surface area contributed by atoms with E-state index < -0.39 is 0 Å². The zero-order valence-corrected chi connectivity index (χ0v) is 13.6. The summed E-state index contributed by atoms with van der Waals surface area (Å²) >= 11 is 1.40. The Balaban J connectivity index is 1.64. The summed E-state index contributed by atoms with van der Waals surface area (Å²) in [6, 6.07) is 3.35. The summed E-state index contributed by atoms with van der Waals surface area (Å²) in [5.74, 6) is 0.119. The Morgan fingerprint density at radius 1 is 1.22 bits per heavy atom. The van der Waals surface area contributed by atoms with Gasteiger partial charge in [-0.15, -0.1) is 11.3 Å². The van der Waals surface area contributed by atoms with E-state index in [1.807, 2.05) is 0 Å². The summed E-state index contributed by atoms with van der Waals surface area (Å²) in [6.45, 7) is 2.22. The molecule has 0 aromatic carbocycles. The normalized spacial score (nSPS) is 15.3. The van der Waals surface area contributed by atoms with Gasteiger partial charge in [0.1, 0.15) is 5.69 Å². The van der Waals surface area contributed by atoms with Crippen LogP contribution in [-0.2, 0) is 0 Å². The molecule has 1 N–H and O–H groups in total. The van der Waals surface area contributed by atoms with Gasteiger partial charge in [-0.2, -0.15) is 0 Å². The number of hydrogen-bond donors (Lipinski definition) is 1. The van der Waals surface area contributed by atoms with Crippen molar-refractivity contribution in [2.24, 2.45) is 0 Å². The fourth-order valence-electron chi connectivity index (χ4n) is 2.53. The molecule has 0 bridgehead atoms. The van der Waals surface area contributed by atoms with Crippen LogP contribution in [0.4, 0.5) is 5.13 Å². The molecule has 8 heteroatoms. The molecule has 2 aromatic rings. The Morgan fingerprint density at radius 2 is 1.96 bits per heavy atom. The van der Waals surface area contributed by atoms with E-state index in [4.69, 9.17) is 4.42 Å². The first-order valence-corrected chi connectivity index (χ1v) is 8.32. The Kier molecular flexibility index (Phi) is 4.61. The highest BCUT2D eigenvalue weighted by Gasteiger charge is 2.25. The smallest absolute Gasteiger partial charge is 0.289 e. The molecule has 3 rings (SSSR count). The van der Waals surface area contributed by atoms with E-state index in [2.05, 4.69) is 10.3 Å². The predicted molar refractivity (Wildman–Crippen MR) is 86.8 cm³/mol. The fourth-order valence-corrected chi connectivity index (χ4v) is 3.17. The van der Waals surface area contributed by atoms with Crippen molar-refractivity contribution in [2.75, 3.05) is 38.5 Å². The fraction of sp³-hybridized carbons (Fsp3) is 0.400. The maximum atomic E-state index is 12.5. The van der Waals surface area contributed by atoms with E-state index in [9.17, 15) is 9.59 Å². The van der Waals surface area contributed by atoms with Gasteiger partial charge >= 0.3 is 0 Å². The summed E-state index contributed by atoms with van der Waals surface area (Å²) in [5.41, 5.74) is 0.449. The molecule has 122 valence electrons. The number of aromatic nitrogens is 1. The molecule has 1 aliphatic heterocycles. The van der Waals surface area contributed by atoms with Crippen LogP contribution >= 0.6 is 11.3 Å². The highest BCUT2D eigenvalue weighted by atomic mass is 32.1. The number of nitrogens with one attached hydrogen (secondary N) is 1. The van der Waals surface area contributed by atoms with Gasteiger partial charge in [0.25, 0.3) is 11.8 Å². The van der Waals surface area contributed by atoms with E-state index in [0.29, 0.717) is 37.6 Å². The van der Waals surface area contributed by atoms with Crippen molar-refractivity contribution in [3.8, 4) is 0 Å². The third kappa shape index (κ3) is 3.37. The lowest BCUT2D eigenvalue weighted by Gasteiger charge is -2.21. The molecule has 2 aromatic heterocycles. The number of thiazole rings is 1. The molecule has 0 aliphatic carbocycles. The molecule has 7 nitrogen and oxygen atoms in total. The average molecular weight is 334 g/mol. The van der Waals surface area contributed by atoms with Gasteiger partial charge in [0.15, 0.2) is 10.9 Å². The van der Waals surface area contributed by atoms with E-state index >= 15 is 0 Å². The van der Waals surface area contributed by atoms with E-state index in [1.165, 1.54) is 17.6 Å². The average Bonchev–Trinajstić information content (AvgIpc) is 3.21. The molecule has 0 spiro atoms. The van der Waals surface area contributed by atoms with E-state index in [1.54, 1.807) is 34.4 Å². The van der Waals surface area contributed by atoms with Gasteiger partial charge in [-0.25, -0.2) is 4.98 Å². The Labute approximate surface area is 137 Å². The van der Waals surface area contributed by atoms with Crippen LogP contribution in [0.2, 0.25) is 0 Å². The molecule has 2 amide bonds. The summed E-state index contributed by atoms with van der Waals surface area (Å²) < 4.78 is 5.16. The molecular weight excluding hydrogens is 316 g/mol. The Morgan fingerprint density at radius 3 is 2.57 bits per heavy atom. The van der Waals surface area contributed by atoms with Crippen LogP contribution in [-0.4, -0.2) is 59.8 Å². The van der Waals surface area contributed by atoms with Crippen molar-refractivity contribution in [3.05, 3.63) is 35.2 Å². The van der Waals surface area contributed by atoms with Gasteiger partial charge < -0.3 is 19.5 Å². The predicted octanol–water partition coefficient (Wildman–Crippen LogP) is 1.77. The minimum absolute atomic E-state index is 0.0879. The second-order valence-corrected chi connectivity index (χ2v) is 6.06. The maximum Gasteiger partial charge on any atom is 0.289 e. The number of nitrogens with zero attached hydrogens (tertiary/aromatic N) is 3. The number of rotatable bonds is 3. The van der Waals surface area contributed by atoms with Gasteiger partial charge in [0, 0.05) is 38.6 Å². The van der Waals surface area contributed by atoms with Crippen LogP contribution in [0, 0.1) is 0 Å². The second-order valence-electron chi connectivity index (χ2n) is 5.20. The molecule has 0 radical (unpaired) electrons. The minimum Gasteiger partial charge on any atom is -0.459 e. The minimum atomic E-state index is -0.129. The Hall–Kier alpha value is -2.35. The van der Waals surface area contributed by atoms with Crippen LogP contribution in [0.5, 0.6) is 0 Å². The summed E-state index contributed by atoms with van der Waals surface area (Å²) in [5, 5.41) is 5.40. The van der Waals surface area contributed by atoms with Crippen LogP contribution in [0.1, 0.15) is 27.5 Å². The number of hydrogen-bond acceptors (Lipinski definition) is 6. The third-order valence-electron chi connectivity index (χ3n) is 3.74. The topological polar surface area (TPSA) is 78.7 Å². The van der Waals surface area contributed by atoms with Crippen LogP contribution in [0.25, 0.3) is 0 Å². The number of furan rings is 1. The highest BCUT2D eigenvalue weighted by Crippen LogP contribution is 2.17. The summed E-state index contributed by atoms with van der Waals surface area (Å²) in [4.78, 5) is 32.6. The molecule has 3 heterocycles. The van der Waals surface area contributed by atoms with E-state index in [0.717, 1.165) is 11.6 Å². The second kappa shape index (κ2) is 6.82. The van der Waals surface area contributed by atoms with Gasteiger partial charge in [0.2, 0.25) is 0 Å². The van der Waals surface area contributed by atoms with Crippen molar-refractivity contribution >= 4 is 28.3 Å². The van der Waals surface area contributed by atoms with Crippen molar-refractivity contribution in [1.82, 2.24) is 14.8 Å². The van der Waals surface area contributed by atoms with Gasteiger partial charge in [-0.05, 0) is 18.6 Å². The standard InChI is InChI=1S/C15H18N4O3S/c1-16-15-17-11(10-23-15)13(20)18-5-3-6-19(8-7-18)14(21)12-4-2-9-22-12/h2,4,9-10H,3,5-8H2,1H3,(H,16,17). The number of anilines is 1. The first-order chi connectivity index (χ1) is 11.2. The highest BCUT2D eigenvalue weighted by molar-refractivity contribution is 7.13. The maximum absolute atomic E-state index is 12.5. The molecular formula is C15H18N4O3S. The van der Waals surface area contributed by atoms with Crippen molar-refractivity contribution in [2.45, 2.75) is 6.42 Å². The zero-order chi connectivity index (χ0) is 16.2. The van der Waals surface area contributed by atoms with Crippen molar-refractivity contribution in [3.63, 3.8) is 0 Å². The molecule has 1 aliphatic rings. The van der Waals surface area contributed by atoms with Crippen LogP contribution < -0.4 is 5.32 Å². The van der Waals surface area contributed by atoms with Crippen molar-refractivity contribution in [1.29, 1.82) is 0 Å². The molecule has 0 unspecified atom stereocenters. The molecule has 0 atom stereocenters. The van der Waals surface area contributed by atoms with Gasteiger partial charge in [0.05, 0.1) is 6.26 Å². The van der Waals surface area contributed by atoms with Gasteiger partial charge in [-0.1, -0.05) is 0 Å². The third-order valence-corrected chi connectivity index (χ3v) is 4.60. The summed E-state index contributed by atoms with van der Waals surface area (Å²) in [7, 11) is 1.77. The first-order valence-electron chi connectivity index (χ1n) is 7.44. The van der Waals surface area contributed by atoms with E-state index in [-0.39, 0.29) is 11.8 Å². The zero-order valence-electron chi connectivity index (χ0n) is 12.8. The Bertz CT molecular complexity index is 683. The quantitative estimate of drug-likeness (QED) is 0.925. The summed E-state index contributed by atoms with van der Waals surface area (Å²) in [6.07, 6.45) is 2.23. The van der Waals surface area contributed by atoms with Gasteiger partial charge in [-0.3, -0.25) is 9.59 Å². The molecule has 1 fully saturated rings. The number of carbonyl (C=O) groups is 2. The molecule has 1 saturated heterocycles. The molecule has 23 heavy (non-hydrogen) atoms. The largest absolute Gasteiger partial charge is 0.459 e. The monoisotopic (exact) mass is 334 g/mol.